The number of hydrogen-bond donors (Lipinski definition) is 1. The standard InChI is InChI=1S/C7H12BrN3O2S/c1-11-7(3-6-9-11)14(12,13)10-5-2-4-8/h3,6,10H,2,4-5H2,1H3. The highest BCUT2D eigenvalue weighted by atomic mass is 79.9. The van der Waals surface area contributed by atoms with Gasteiger partial charge in [0.15, 0.2) is 5.03 Å². The molecule has 0 saturated carbocycles. The SMILES string of the molecule is Cn1nccc1S(=O)(=O)NCCCBr. The Morgan fingerprint density at radius 2 is 2.36 bits per heavy atom. The first kappa shape index (κ1) is 11.7. The third-order valence-electron chi connectivity index (χ3n) is 1.65. The zero-order chi connectivity index (χ0) is 10.6. The molecule has 0 saturated heterocycles. The Labute approximate surface area is 91.7 Å². The van der Waals surface area contributed by atoms with E-state index >= 15 is 0 Å². The van der Waals surface area contributed by atoms with Gasteiger partial charge in [-0.1, -0.05) is 15.9 Å². The van der Waals surface area contributed by atoms with Crippen molar-refractivity contribution in [1.82, 2.24) is 14.5 Å². The van der Waals surface area contributed by atoms with Crippen molar-refractivity contribution in [2.45, 2.75) is 11.4 Å². The molecule has 1 aromatic rings. The lowest BCUT2D eigenvalue weighted by Gasteiger charge is -2.05. The Balaban J connectivity index is 2.72. The fourth-order valence-electron chi connectivity index (χ4n) is 0.973. The Bertz CT molecular complexity index is 387. The molecule has 1 heterocycles. The average Bonchev–Trinajstić information content (AvgIpc) is 2.52. The van der Waals surface area contributed by atoms with Gasteiger partial charge < -0.3 is 0 Å². The van der Waals surface area contributed by atoms with Crippen molar-refractivity contribution in [3.05, 3.63) is 12.3 Å². The van der Waals surface area contributed by atoms with Gasteiger partial charge in [0.2, 0.25) is 0 Å². The van der Waals surface area contributed by atoms with Gasteiger partial charge >= 0.3 is 0 Å². The van der Waals surface area contributed by atoms with Crippen molar-refractivity contribution in [3.8, 4) is 0 Å². The van der Waals surface area contributed by atoms with E-state index < -0.39 is 10.0 Å². The molecule has 0 bridgehead atoms. The normalized spacial score (nSPS) is 11.9. The molecule has 1 rings (SSSR count). The maximum Gasteiger partial charge on any atom is 0.257 e. The molecule has 1 N–H and O–H groups in total. The van der Waals surface area contributed by atoms with E-state index in [4.69, 9.17) is 0 Å². The van der Waals surface area contributed by atoms with Gasteiger partial charge in [-0.05, 0) is 12.5 Å². The molecule has 0 aliphatic carbocycles. The number of rotatable bonds is 5. The molecule has 7 heteroatoms. The fourth-order valence-corrected chi connectivity index (χ4v) is 2.45. The second-order valence-electron chi connectivity index (χ2n) is 2.73. The highest BCUT2D eigenvalue weighted by Crippen LogP contribution is 2.05. The van der Waals surface area contributed by atoms with Crippen molar-refractivity contribution in [3.63, 3.8) is 0 Å². The van der Waals surface area contributed by atoms with Gasteiger partial charge in [-0.3, -0.25) is 4.68 Å². The zero-order valence-electron chi connectivity index (χ0n) is 7.77. The van der Waals surface area contributed by atoms with E-state index in [1.165, 1.54) is 16.9 Å². The summed E-state index contributed by atoms with van der Waals surface area (Å²) in [6.07, 6.45) is 2.22. The molecule has 0 atom stereocenters. The van der Waals surface area contributed by atoms with Crippen LogP contribution in [0.1, 0.15) is 6.42 Å². The molecule has 5 nitrogen and oxygen atoms in total. The van der Waals surface area contributed by atoms with Crippen LogP contribution in [0.3, 0.4) is 0 Å². The topological polar surface area (TPSA) is 64.0 Å². The first-order valence-electron chi connectivity index (χ1n) is 4.11. The molecule has 1 aromatic heterocycles. The van der Waals surface area contributed by atoms with Crippen LogP contribution in [0.2, 0.25) is 0 Å². The minimum Gasteiger partial charge on any atom is -0.256 e. The van der Waals surface area contributed by atoms with E-state index in [0.29, 0.717) is 6.54 Å². The van der Waals surface area contributed by atoms with Crippen molar-refractivity contribution in [1.29, 1.82) is 0 Å². The van der Waals surface area contributed by atoms with E-state index in [0.717, 1.165) is 11.8 Å². The van der Waals surface area contributed by atoms with Gasteiger partial charge in [-0.25, -0.2) is 13.1 Å². The molecule has 0 radical (unpaired) electrons. The minimum atomic E-state index is -3.39. The highest BCUT2D eigenvalue weighted by molar-refractivity contribution is 9.09. The number of alkyl halides is 1. The number of hydrogen-bond acceptors (Lipinski definition) is 3. The Hall–Kier alpha value is -0.400. The van der Waals surface area contributed by atoms with Gasteiger partial charge in [0, 0.05) is 18.9 Å². The predicted molar refractivity (Wildman–Crippen MR) is 56.8 cm³/mol. The summed E-state index contributed by atoms with van der Waals surface area (Å²) in [5, 5.41) is 4.77. The van der Waals surface area contributed by atoms with E-state index in [-0.39, 0.29) is 5.03 Å². The fraction of sp³-hybridized carbons (Fsp3) is 0.571. The molecular weight excluding hydrogens is 270 g/mol. The number of nitrogens with zero attached hydrogens (tertiary/aromatic N) is 2. The Kier molecular flexibility index (Phi) is 4.09. The van der Waals surface area contributed by atoms with Gasteiger partial charge in [-0.2, -0.15) is 5.10 Å². The number of aromatic nitrogens is 2. The van der Waals surface area contributed by atoms with Gasteiger partial charge in [-0.15, -0.1) is 0 Å². The van der Waals surface area contributed by atoms with Crippen molar-refractivity contribution >= 4 is 26.0 Å². The Morgan fingerprint density at radius 1 is 1.64 bits per heavy atom. The summed E-state index contributed by atoms with van der Waals surface area (Å²) in [5.41, 5.74) is 0. The van der Waals surface area contributed by atoms with E-state index in [1.807, 2.05) is 0 Å². The Morgan fingerprint density at radius 3 is 2.86 bits per heavy atom. The average molecular weight is 282 g/mol. The second kappa shape index (κ2) is 4.90. The molecule has 0 aliphatic heterocycles. The van der Waals surface area contributed by atoms with Crippen molar-refractivity contribution in [2.75, 3.05) is 11.9 Å². The lowest BCUT2D eigenvalue weighted by Crippen LogP contribution is -2.26. The third kappa shape index (κ3) is 2.79. The largest absolute Gasteiger partial charge is 0.257 e. The van der Waals surface area contributed by atoms with Crippen molar-refractivity contribution in [2.24, 2.45) is 7.05 Å². The molecule has 0 aromatic carbocycles. The molecule has 0 spiro atoms. The quantitative estimate of drug-likeness (QED) is 0.631. The van der Waals surface area contributed by atoms with E-state index in [9.17, 15) is 8.42 Å². The maximum absolute atomic E-state index is 11.6. The summed E-state index contributed by atoms with van der Waals surface area (Å²) < 4.78 is 27.0. The maximum atomic E-state index is 11.6. The van der Waals surface area contributed by atoms with Gasteiger partial charge in [0.25, 0.3) is 10.0 Å². The number of halogens is 1. The first-order chi connectivity index (χ1) is 6.58. The summed E-state index contributed by atoms with van der Waals surface area (Å²) in [5.74, 6) is 0. The van der Waals surface area contributed by atoms with Crippen LogP contribution in [0, 0.1) is 0 Å². The number of aryl methyl sites for hydroxylation is 1. The van der Waals surface area contributed by atoms with Gasteiger partial charge in [0.05, 0.1) is 6.20 Å². The summed E-state index contributed by atoms with van der Waals surface area (Å²) in [6.45, 7) is 0.429. The molecule has 14 heavy (non-hydrogen) atoms. The highest BCUT2D eigenvalue weighted by Gasteiger charge is 2.16. The lowest BCUT2D eigenvalue weighted by atomic mass is 10.5. The second-order valence-corrected chi connectivity index (χ2v) is 5.24. The number of sulfonamides is 1. The summed E-state index contributed by atoms with van der Waals surface area (Å²) >= 11 is 3.23. The van der Waals surface area contributed by atoms with Crippen LogP contribution >= 0.6 is 15.9 Å². The molecule has 0 unspecified atom stereocenters. The van der Waals surface area contributed by atoms with Crippen LogP contribution in [0.4, 0.5) is 0 Å². The van der Waals surface area contributed by atoms with Gasteiger partial charge in [0.1, 0.15) is 0 Å². The van der Waals surface area contributed by atoms with E-state index in [2.05, 4.69) is 25.8 Å². The van der Waals surface area contributed by atoms with Crippen LogP contribution in [-0.2, 0) is 17.1 Å². The monoisotopic (exact) mass is 281 g/mol. The smallest absolute Gasteiger partial charge is 0.256 e. The van der Waals surface area contributed by atoms with Crippen LogP contribution in [0.15, 0.2) is 17.3 Å². The third-order valence-corrected chi connectivity index (χ3v) is 3.75. The summed E-state index contributed by atoms with van der Waals surface area (Å²) in [6, 6.07) is 1.47. The molecule has 0 aliphatic rings. The van der Waals surface area contributed by atoms with E-state index in [1.54, 1.807) is 7.05 Å². The molecular formula is C7H12BrN3O2S. The lowest BCUT2D eigenvalue weighted by molar-refractivity contribution is 0.563. The summed E-state index contributed by atoms with van der Waals surface area (Å²) in [4.78, 5) is 0. The van der Waals surface area contributed by atoms with Crippen LogP contribution in [0.25, 0.3) is 0 Å². The first-order valence-corrected chi connectivity index (χ1v) is 6.72. The summed E-state index contributed by atoms with van der Waals surface area (Å²) in [7, 11) is -1.79. The minimum absolute atomic E-state index is 0.187. The van der Waals surface area contributed by atoms with Crippen molar-refractivity contribution < 1.29 is 8.42 Å². The predicted octanol–water partition coefficient (Wildman–Crippen LogP) is 0.483. The van der Waals surface area contributed by atoms with Crippen LogP contribution < -0.4 is 4.72 Å². The van der Waals surface area contributed by atoms with Crippen LogP contribution in [-0.4, -0.2) is 30.1 Å². The molecule has 0 amide bonds. The number of nitrogens with one attached hydrogen (secondary N) is 1. The molecule has 80 valence electrons. The molecule has 0 fully saturated rings. The zero-order valence-corrected chi connectivity index (χ0v) is 10.2. The van der Waals surface area contributed by atoms with Crippen LogP contribution in [0.5, 0.6) is 0 Å².